The number of nitrogens with one attached hydrogen (secondary N) is 2. The fourth-order valence-corrected chi connectivity index (χ4v) is 5.07. The zero-order valence-electron chi connectivity index (χ0n) is 22.0. The molecule has 0 aliphatic carbocycles. The molecule has 0 unspecified atom stereocenters. The lowest BCUT2D eigenvalue weighted by molar-refractivity contribution is 0.140. The Morgan fingerprint density at radius 1 is 0.684 bits per heavy atom. The van der Waals surface area contributed by atoms with E-state index < -0.39 is 22.2 Å². The van der Waals surface area contributed by atoms with E-state index in [1.807, 2.05) is 52.0 Å². The highest BCUT2D eigenvalue weighted by atomic mass is 32.2. The van der Waals surface area contributed by atoms with Gasteiger partial charge in [0.2, 0.25) is 10.0 Å². The van der Waals surface area contributed by atoms with Gasteiger partial charge in [0.1, 0.15) is 13.2 Å². The van der Waals surface area contributed by atoms with E-state index in [0.717, 1.165) is 26.6 Å². The number of hydrogen-bond acceptors (Lipinski definition) is 6. The Labute approximate surface area is 223 Å². The Balaban J connectivity index is 1.61. The summed E-state index contributed by atoms with van der Waals surface area (Å²) in [7, 11) is -3.93. The molecule has 0 atom stereocenters. The summed E-state index contributed by atoms with van der Waals surface area (Å²) in [6.07, 6.45) is -1.39. The van der Waals surface area contributed by atoms with Crippen molar-refractivity contribution >= 4 is 33.6 Å². The monoisotopic (exact) mass is 539 g/mol. The minimum absolute atomic E-state index is 0.0830. The number of carbonyl (C=O) groups is 2. The molecular weight excluding hydrogens is 506 g/mol. The Morgan fingerprint density at radius 2 is 1.13 bits per heavy atom. The van der Waals surface area contributed by atoms with Gasteiger partial charge in [0.05, 0.1) is 4.90 Å². The maximum atomic E-state index is 13.2. The summed E-state index contributed by atoms with van der Waals surface area (Å²) in [5.74, 6) is 0. The highest BCUT2D eigenvalue weighted by molar-refractivity contribution is 7.89. The second-order valence-corrected chi connectivity index (χ2v) is 10.7. The second-order valence-electron chi connectivity index (χ2n) is 8.73. The summed E-state index contributed by atoms with van der Waals surface area (Å²) in [5.41, 5.74) is 5.09. The zero-order valence-corrected chi connectivity index (χ0v) is 22.8. The Kier molecular flexibility index (Phi) is 9.86. The molecule has 3 aromatic carbocycles. The molecule has 0 aliphatic rings. The lowest BCUT2D eigenvalue weighted by Crippen LogP contribution is -2.37. The predicted octanol–water partition coefficient (Wildman–Crippen LogP) is 5.41. The normalized spacial score (nSPS) is 11.2. The highest BCUT2D eigenvalue weighted by Crippen LogP contribution is 2.20. The second kappa shape index (κ2) is 13.1. The molecule has 0 aromatic heterocycles. The van der Waals surface area contributed by atoms with Crippen LogP contribution >= 0.6 is 0 Å². The lowest BCUT2D eigenvalue weighted by Gasteiger charge is -2.22. The molecule has 0 fully saturated rings. The molecule has 0 spiro atoms. The molecule has 0 radical (unpaired) electrons. The average Bonchev–Trinajstić information content (AvgIpc) is 2.89. The molecule has 2 N–H and O–H groups in total. The van der Waals surface area contributed by atoms with Gasteiger partial charge in [-0.2, -0.15) is 4.31 Å². The van der Waals surface area contributed by atoms with Crippen LogP contribution in [-0.2, 0) is 19.5 Å². The molecular formula is C28H33N3O6S. The van der Waals surface area contributed by atoms with Gasteiger partial charge in [0.15, 0.2) is 0 Å². The Bertz CT molecular complexity index is 1310. The van der Waals surface area contributed by atoms with E-state index in [4.69, 9.17) is 9.47 Å². The van der Waals surface area contributed by atoms with Gasteiger partial charge < -0.3 is 9.47 Å². The van der Waals surface area contributed by atoms with Crippen LogP contribution < -0.4 is 10.6 Å². The first-order valence-electron chi connectivity index (χ1n) is 12.1. The van der Waals surface area contributed by atoms with Crippen LogP contribution in [0.4, 0.5) is 21.0 Å². The van der Waals surface area contributed by atoms with E-state index in [2.05, 4.69) is 10.6 Å². The largest absolute Gasteiger partial charge is 0.448 e. The lowest BCUT2D eigenvalue weighted by atomic mass is 10.1. The molecule has 9 nitrogen and oxygen atoms in total. The van der Waals surface area contributed by atoms with Gasteiger partial charge in [-0.05, 0) is 74.2 Å². The molecule has 202 valence electrons. The van der Waals surface area contributed by atoms with Crippen LogP contribution in [0.25, 0.3) is 0 Å². The van der Waals surface area contributed by atoms with Crippen molar-refractivity contribution < 1.29 is 27.5 Å². The summed E-state index contributed by atoms with van der Waals surface area (Å²) < 4.78 is 38.1. The Morgan fingerprint density at radius 3 is 1.58 bits per heavy atom. The van der Waals surface area contributed by atoms with Crippen LogP contribution in [0, 0.1) is 27.7 Å². The molecule has 0 saturated carbocycles. The van der Waals surface area contributed by atoms with Crippen molar-refractivity contribution in [3.63, 3.8) is 0 Å². The number of amides is 2. The van der Waals surface area contributed by atoms with Gasteiger partial charge in [0, 0.05) is 24.5 Å². The molecule has 0 bridgehead atoms. The predicted molar refractivity (Wildman–Crippen MR) is 147 cm³/mol. The molecule has 3 rings (SSSR count). The smallest absolute Gasteiger partial charge is 0.411 e. The molecule has 0 heterocycles. The standard InChI is InChI=1S/C28H33N3O6S/c1-20-10-8-14-25(22(20)3)29-27(32)36-18-16-31(38(34,35)24-12-6-5-7-13-24)17-19-37-28(33)30-26-15-9-11-21(2)23(26)4/h5-15H,16-19H2,1-4H3,(H,29,32)(H,30,33). The van der Waals surface area contributed by atoms with Gasteiger partial charge >= 0.3 is 12.2 Å². The fourth-order valence-electron chi connectivity index (χ4n) is 3.64. The minimum Gasteiger partial charge on any atom is -0.448 e. The highest BCUT2D eigenvalue weighted by Gasteiger charge is 2.25. The van der Waals surface area contributed by atoms with Crippen molar-refractivity contribution in [2.45, 2.75) is 32.6 Å². The number of anilines is 2. The number of sulfonamides is 1. The molecule has 0 aliphatic heterocycles. The number of ether oxygens (including phenoxy) is 2. The van der Waals surface area contributed by atoms with Crippen LogP contribution in [0.2, 0.25) is 0 Å². The number of hydrogen-bond donors (Lipinski definition) is 2. The summed E-state index contributed by atoms with van der Waals surface area (Å²) in [5, 5.41) is 5.36. The van der Waals surface area contributed by atoms with Gasteiger partial charge in [-0.25, -0.2) is 18.0 Å². The van der Waals surface area contributed by atoms with Crippen molar-refractivity contribution in [3.8, 4) is 0 Å². The van der Waals surface area contributed by atoms with Crippen LogP contribution in [0.1, 0.15) is 22.3 Å². The first-order chi connectivity index (χ1) is 18.1. The number of benzene rings is 3. The van der Waals surface area contributed by atoms with E-state index in [0.29, 0.717) is 11.4 Å². The van der Waals surface area contributed by atoms with Crippen LogP contribution in [0.15, 0.2) is 71.6 Å². The summed E-state index contributed by atoms with van der Waals surface area (Å²) >= 11 is 0. The SMILES string of the molecule is Cc1cccc(NC(=O)OCCN(CCOC(=O)Nc2cccc(C)c2C)S(=O)(=O)c2ccccc2)c1C. The number of nitrogens with zero attached hydrogens (tertiary/aromatic N) is 1. The van der Waals surface area contributed by atoms with E-state index >= 15 is 0 Å². The fraction of sp³-hybridized carbons (Fsp3) is 0.286. The third kappa shape index (κ3) is 7.56. The van der Waals surface area contributed by atoms with E-state index in [1.54, 1.807) is 30.3 Å². The average molecular weight is 540 g/mol. The molecule has 0 saturated heterocycles. The summed E-state index contributed by atoms with van der Waals surface area (Å²) in [6.45, 7) is 6.99. The van der Waals surface area contributed by atoms with Gasteiger partial charge in [-0.1, -0.05) is 42.5 Å². The Hall–Kier alpha value is -3.89. The van der Waals surface area contributed by atoms with E-state index in [9.17, 15) is 18.0 Å². The third-order valence-corrected chi connectivity index (χ3v) is 8.12. The third-order valence-electron chi connectivity index (χ3n) is 6.21. The van der Waals surface area contributed by atoms with Crippen molar-refractivity contribution in [1.29, 1.82) is 0 Å². The first-order valence-corrected chi connectivity index (χ1v) is 13.6. The number of aryl methyl sites for hydroxylation is 2. The molecule has 38 heavy (non-hydrogen) atoms. The van der Waals surface area contributed by atoms with Crippen LogP contribution in [0.3, 0.4) is 0 Å². The van der Waals surface area contributed by atoms with Crippen molar-refractivity contribution in [2.24, 2.45) is 0 Å². The molecule has 2 amide bonds. The first kappa shape index (κ1) is 28.7. The van der Waals surface area contributed by atoms with Crippen LogP contribution in [-0.4, -0.2) is 51.2 Å². The van der Waals surface area contributed by atoms with Gasteiger partial charge in [-0.3, -0.25) is 10.6 Å². The quantitative estimate of drug-likeness (QED) is 0.356. The number of carbonyl (C=O) groups excluding carboxylic acids is 2. The van der Waals surface area contributed by atoms with E-state index in [-0.39, 0.29) is 31.2 Å². The maximum Gasteiger partial charge on any atom is 0.411 e. The molecule has 10 heteroatoms. The van der Waals surface area contributed by atoms with Crippen molar-refractivity contribution in [1.82, 2.24) is 4.31 Å². The van der Waals surface area contributed by atoms with Gasteiger partial charge in [0.25, 0.3) is 0 Å². The minimum atomic E-state index is -3.93. The zero-order chi connectivity index (χ0) is 27.7. The van der Waals surface area contributed by atoms with Crippen molar-refractivity contribution in [2.75, 3.05) is 36.9 Å². The molecule has 3 aromatic rings. The van der Waals surface area contributed by atoms with Crippen molar-refractivity contribution in [3.05, 3.63) is 89.0 Å². The van der Waals surface area contributed by atoms with E-state index in [1.165, 1.54) is 12.1 Å². The summed E-state index contributed by atoms with van der Waals surface area (Å²) in [4.78, 5) is 24.7. The van der Waals surface area contributed by atoms with Gasteiger partial charge in [-0.15, -0.1) is 0 Å². The maximum absolute atomic E-state index is 13.2. The number of rotatable bonds is 10. The summed E-state index contributed by atoms with van der Waals surface area (Å²) in [6, 6.07) is 18.9. The topological polar surface area (TPSA) is 114 Å². The van der Waals surface area contributed by atoms with Crippen LogP contribution in [0.5, 0.6) is 0 Å².